The topological polar surface area (TPSA) is 53.0 Å². The fourth-order valence-corrected chi connectivity index (χ4v) is 0.573. The highest BCUT2D eigenvalue weighted by Gasteiger charge is 1.92. The van der Waals surface area contributed by atoms with Gasteiger partial charge >= 0.3 is 0 Å². The summed E-state index contributed by atoms with van der Waals surface area (Å²) in [7, 11) is 1.96. The number of hydrogen-bond donors (Lipinski definition) is 1. The van der Waals surface area contributed by atoms with E-state index in [0.717, 1.165) is 13.1 Å². The van der Waals surface area contributed by atoms with Crippen LogP contribution in [0.15, 0.2) is 0 Å². The van der Waals surface area contributed by atoms with Gasteiger partial charge in [0.05, 0.1) is 6.07 Å². The van der Waals surface area contributed by atoms with Gasteiger partial charge in [0, 0.05) is 26.1 Å². The Bertz CT molecular complexity index is 95.0. The summed E-state index contributed by atoms with van der Waals surface area (Å²) in [6, 6.07) is 2.07. The quantitative estimate of drug-likeness (QED) is 0.568. The Hall–Kier alpha value is -0.590. The van der Waals surface area contributed by atoms with Gasteiger partial charge in [0.15, 0.2) is 0 Å². The molecule has 0 amide bonds. The molecule has 0 unspecified atom stereocenters. The van der Waals surface area contributed by atoms with Crippen molar-refractivity contribution in [2.75, 3.05) is 26.7 Å². The van der Waals surface area contributed by atoms with Gasteiger partial charge in [-0.25, -0.2) is 0 Å². The molecule has 0 aliphatic heterocycles. The molecule has 0 fully saturated rings. The van der Waals surface area contributed by atoms with E-state index < -0.39 is 0 Å². The Morgan fingerprint density at radius 1 is 1.56 bits per heavy atom. The van der Waals surface area contributed by atoms with E-state index in [-0.39, 0.29) is 0 Å². The third kappa shape index (κ3) is 5.28. The summed E-state index contributed by atoms with van der Waals surface area (Å²) in [6.45, 7) is 2.37. The summed E-state index contributed by atoms with van der Waals surface area (Å²) >= 11 is 0. The van der Waals surface area contributed by atoms with Gasteiger partial charge in [-0.2, -0.15) is 5.26 Å². The molecule has 3 nitrogen and oxygen atoms in total. The van der Waals surface area contributed by atoms with Crippen LogP contribution in [-0.2, 0) is 0 Å². The van der Waals surface area contributed by atoms with Crippen molar-refractivity contribution < 1.29 is 0 Å². The van der Waals surface area contributed by atoms with E-state index in [4.69, 9.17) is 11.0 Å². The van der Waals surface area contributed by atoms with Crippen molar-refractivity contribution in [3.63, 3.8) is 0 Å². The molecule has 9 heavy (non-hydrogen) atoms. The summed E-state index contributed by atoms with van der Waals surface area (Å²) in [6.07, 6.45) is 0.594. The van der Waals surface area contributed by atoms with Gasteiger partial charge < -0.3 is 10.6 Å². The van der Waals surface area contributed by atoms with E-state index in [0.29, 0.717) is 13.0 Å². The summed E-state index contributed by atoms with van der Waals surface area (Å²) in [4.78, 5) is 2.04. The van der Waals surface area contributed by atoms with E-state index >= 15 is 0 Å². The van der Waals surface area contributed by atoms with Gasteiger partial charge in [-0.1, -0.05) is 0 Å². The highest BCUT2D eigenvalue weighted by molar-refractivity contribution is 4.70. The Morgan fingerprint density at radius 2 is 2.22 bits per heavy atom. The molecule has 0 bridgehead atoms. The van der Waals surface area contributed by atoms with Gasteiger partial charge in [-0.05, 0) is 7.05 Å². The molecular weight excluding hydrogens is 114 g/mol. The van der Waals surface area contributed by atoms with Crippen LogP contribution in [0.5, 0.6) is 0 Å². The van der Waals surface area contributed by atoms with Crippen molar-refractivity contribution in [2.24, 2.45) is 5.73 Å². The summed E-state index contributed by atoms with van der Waals surface area (Å²) in [5.74, 6) is 0. The molecule has 0 aliphatic carbocycles. The molecule has 0 aromatic carbocycles. The zero-order valence-electron chi connectivity index (χ0n) is 5.80. The first-order valence-corrected chi connectivity index (χ1v) is 3.07. The summed E-state index contributed by atoms with van der Waals surface area (Å²) in [5, 5.41) is 8.18. The predicted octanol–water partition coefficient (Wildman–Crippen LogP) is -0.209. The fraction of sp³-hybridized carbons (Fsp3) is 0.833. The van der Waals surface area contributed by atoms with Gasteiger partial charge in [-0.15, -0.1) is 0 Å². The normalized spacial score (nSPS) is 9.56. The zero-order valence-corrected chi connectivity index (χ0v) is 5.80. The third-order valence-electron chi connectivity index (χ3n) is 1.12. The molecular formula is C6H13N3. The van der Waals surface area contributed by atoms with Crippen molar-refractivity contribution in [3.8, 4) is 6.07 Å². The van der Waals surface area contributed by atoms with Crippen LogP contribution in [-0.4, -0.2) is 31.6 Å². The van der Waals surface area contributed by atoms with Gasteiger partial charge in [0.2, 0.25) is 0 Å². The van der Waals surface area contributed by atoms with Crippen LogP contribution in [0.25, 0.3) is 0 Å². The number of hydrogen-bond acceptors (Lipinski definition) is 3. The van der Waals surface area contributed by atoms with Crippen LogP contribution in [0.2, 0.25) is 0 Å². The Balaban J connectivity index is 3.07. The predicted molar refractivity (Wildman–Crippen MR) is 36.8 cm³/mol. The number of nitrogens with zero attached hydrogens (tertiary/aromatic N) is 2. The van der Waals surface area contributed by atoms with Crippen LogP contribution < -0.4 is 5.73 Å². The van der Waals surface area contributed by atoms with Gasteiger partial charge in [-0.3, -0.25) is 0 Å². The minimum atomic E-state index is 0.594. The monoisotopic (exact) mass is 127 g/mol. The fourth-order valence-electron chi connectivity index (χ4n) is 0.573. The third-order valence-corrected chi connectivity index (χ3v) is 1.12. The van der Waals surface area contributed by atoms with Crippen molar-refractivity contribution in [1.82, 2.24) is 4.90 Å². The molecule has 0 spiro atoms. The lowest BCUT2D eigenvalue weighted by Gasteiger charge is -2.11. The highest BCUT2D eigenvalue weighted by Crippen LogP contribution is 1.82. The molecule has 0 aliphatic rings. The van der Waals surface area contributed by atoms with Crippen LogP contribution in [0.4, 0.5) is 0 Å². The molecule has 52 valence electrons. The maximum atomic E-state index is 8.18. The van der Waals surface area contributed by atoms with Crippen LogP contribution in [0.3, 0.4) is 0 Å². The maximum absolute atomic E-state index is 8.18. The molecule has 0 saturated carbocycles. The first kappa shape index (κ1) is 8.41. The SMILES string of the molecule is CN(CCN)CCC#N. The number of nitrogens with two attached hydrogens (primary N) is 1. The second kappa shape index (κ2) is 5.54. The van der Waals surface area contributed by atoms with Crippen LogP contribution in [0, 0.1) is 11.3 Å². The van der Waals surface area contributed by atoms with E-state index in [1.165, 1.54) is 0 Å². The standard InChI is InChI=1S/C6H13N3/c1-9(6-4-8)5-2-3-7/h2,4-6,8H2,1H3. The lowest BCUT2D eigenvalue weighted by atomic mass is 10.4. The molecule has 0 radical (unpaired) electrons. The molecule has 0 aromatic heterocycles. The zero-order chi connectivity index (χ0) is 7.11. The minimum Gasteiger partial charge on any atom is -0.329 e. The van der Waals surface area contributed by atoms with Crippen molar-refractivity contribution in [3.05, 3.63) is 0 Å². The average Bonchev–Trinajstić information content (AvgIpc) is 1.85. The van der Waals surface area contributed by atoms with Gasteiger partial charge in [0.1, 0.15) is 0 Å². The summed E-state index contributed by atoms with van der Waals surface area (Å²) < 4.78 is 0. The smallest absolute Gasteiger partial charge is 0.0635 e. The van der Waals surface area contributed by atoms with Crippen LogP contribution >= 0.6 is 0 Å². The first-order chi connectivity index (χ1) is 4.31. The Kier molecular flexibility index (Phi) is 5.18. The van der Waals surface area contributed by atoms with Crippen molar-refractivity contribution in [2.45, 2.75) is 6.42 Å². The summed E-state index contributed by atoms with van der Waals surface area (Å²) in [5.41, 5.74) is 5.28. The van der Waals surface area contributed by atoms with E-state index in [1.807, 2.05) is 11.9 Å². The molecule has 2 N–H and O–H groups in total. The van der Waals surface area contributed by atoms with Gasteiger partial charge in [0.25, 0.3) is 0 Å². The minimum absolute atomic E-state index is 0.594. The number of rotatable bonds is 4. The molecule has 0 atom stereocenters. The molecule has 0 saturated heterocycles. The molecule has 0 aromatic rings. The largest absolute Gasteiger partial charge is 0.329 e. The Morgan fingerprint density at radius 3 is 2.67 bits per heavy atom. The molecule has 3 heteroatoms. The van der Waals surface area contributed by atoms with E-state index in [1.54, 1.807) is 0 Å². The van der Waals surface area contributed by atoms with E-state index in [2.05, 4.69) is 6.07 Å². The molecule has 0 rings (SSSR count). The average molecular weight is 127 g/mol. The lowest BCUT2D eigenvalue weighted by molar-refractivity contribution is 0.352. The molecule has 0 heterocycles. The first-order valence-electron chi connectivity index (χ1n) is 3.07. The number of likely N-dealkylation sites (N-methyl/N-ethyl adjacent to an activating group) is 1. The second-order valence-electron chi connectivity index (χ2n) is 2.00. The van der Waals surface area contributed by atoms with Crippen LogP contribution in [0.1, 0.15) is 6.42 Å². The second-order valence-corrected chi connectivity index (χ2v) is 2.00. The Labute approximate surface area is 56.1 Å². The van der Waals surface area contributed by atoms with E-state index in [9.17, 15) is 0 Å². The number of nitriles is 1. The maximum Gasteiger partial charge on any atom is 0.0635 e. The van der Waals surface area contributed by atoms with Crippen molar-refractivity contribution in [1.29, 1.82) is 5.26 Å². The highest BCUT2D eigenvalue weighted by atomic mass is 15.1. The lowest BCUT2D eigenvalue weighted by Crippen LogP contribution is -2.26. The van der Waals surface area contributed by atoms with Crippen molar-refractivity contribution >= 4 is 0 Å².